The Balaban J connectivity index is 2.73. The van der Waals surface area contributed by atoms with E-state index >= 15 is 0 Å². The third kappa shape index (κ3) is 3.27. The second-order valence-electron chi connectivity index (χ2n) is 3.34. The van der Waals surface area contributed by atoms with Gasteiger partial charge >= 0.3 is 6.03 Å². The van der Waals surface area contributed by atoms with Gasteiger partial charge in [-0.2, -0.15) is 0 Å². The molecule has 0 heterocycles. The highest BCUT2D eigenvalue weighted by Gasteiger charge is 2.06. The maximum Gasteiger partial charge on any atom is 0.319 e. The van der Waals surface area contributed by atoms with Gasteiger partial charge in [0.25, 0.3) is 0 Å². The predicted octanol–water partition coefficient (Wildman–Crippen LogP) is 1.50. The number of para-hydroxylation sites is 1. The number of benzene rings is 1. The third-order valence-electron chi connectivity index (χ3n) is 2.00. The summed E-state index contributed by atoms with van der Waals surface area (Å²) < 4.78 is 0. The minimum atomic E-state index is -0.282. The number of nitrogens with one attached hydrogen (secondary N) is 3. The fourth-order valence-corrected chi connectivity index (χ4v) is 1.23. The molecule has 0 atom stereocenters. The van der Waals surface area contributed by atoms with Gasteiger partial charge in [0.05, 0.1) is 5.69 Å². The SMILES string of the molecule is CCCNC(=O)Nc1ccccc1C(=N)N. The highest BCUT2D eigenvalue weighted by molar-refractivity contribution is 6.03. The van der Waals surface area contributed by atoms with E-state index in [1.165, 1.54) is 0 Å². The monoisotopic (exact) mass is 220 g/mol. The predicted molar refractivity (Wildman–Crippen MR) is 64.8 cm³/mol. The highest BCUT2D eigenvalue weighted by atomic mass is 16.2. The highest BCUT2D eigenvalue weighted by Crippen LogP contribution is 2.13. The molecule has 1 aromatic carbocycles. The molecule has 0 aliphatic rings. The lowest BCUT2D eigenvalue weighted by molar-refractivity contribution is 0.252. The van der Waals surface area contributed by atoms with Crippen LogP contribution < -0.4 is 16.4 Å². The van der Waals surface area contributed by atoms with Crippen LogP contribution >= 0.6 is 0 Å². The molecule has 0 saturated heterocycles. The molecule has 16 heavy (non-hydrogen) atoms. The minimum absolute atomic E-state index is 0.0635. The van der Waals surface area contributed by atoms with Crippen molar-refractivity contribution in [2.75, 3.05) is 11.9 Å². The molecular formula is C11H16N4O. The molecule has 0 bridgehead atoms. The molecule has 0 aliphatic heterocycles. The standard InChI is InChI=1S/C11H16N4O/c1-2-7-14-11(16)15-9-6-4-3-5-8(9)10(12)13/h3-6H,2,7H2,1H3,(H3,12,13)(H2,14,15,16). The van der Waals surface area contributed by atoms with Crippen molar-refractivity contribution in [3.8, 4) is 0 Å². The quantitative estimate of drug-likeness (QED) is 0.457. The number of nitrogens with two attached hydrogens (primary N) is 1. The lowest BCUT2D eigenvalue weighted by atomic mass is 10.1. The molecule has 0 unspecified atom stereocenters. The molecular weight excluding hydrogens is 204 g/mol. The second kappa shape index (κ2) is 5.75. The third-order valence-corrected chi connectivity index (χ3v) is 2.00. The van der Waals surface area contributed by atoms with Crippen LogP contribution in [0.25, 0.3) is 0 Å². The summed E-state index contributed by atoms with van der Waals surface area (Å²) in [7, 11) is 0. The summed E-state index contributed by atoms with van der Waals surface area (Å²) in [6.45, 7) is 2.60. The van der Waals surface area contributed by atoms with Gasteiger partial charge < -0.3 is 16.4 Å². The van der Waals surface area contributed by atoms with E-state index in [0.29, 0.717) is 17.8 Å². The summed E-state index contributed by atoms with van der Waals surface area (Å²) in [5.74, 6) is -0.0635. The molecule has 5 N–H and O–H groups in total. The van der Waals surface area contributed by atoms with E-state index in [9.17, 15) is 4.79 Å². The summed E-state index contributed by atoms with van der Waals surface area (Å²) in [4.78, 5) is 11.4. The molecule has 0 saturated carbocycles. The fraction of sp³-hybridized carbons (Fsp3) is 0.273. The van der Waals surface area contributed by atoms with E-state index in [1.54, 1.807) is 24.3 Å². The van der Waals surface area contributed by atoms with Gasteiger partial charge in [-0.3, -0.25) is 5.41 Å². The van der Waals surface area contributed by atoms with E-state index in [4.69, 9.17) is 11.1 Å². The number of hydrogen-bond donors (Lipinski definition) is 4. The first-order chi connectivity index (χ1) is 7.65. The zero-order valence-electron chi connectivity index (χ0n) is 9.21. The number of amides is 2. The molecule has 0 spiro atoms. The van der Waals surface area contributed by atoms with Gasteiger partial charge in [-0.1, -0.05) is 19.1 Å². The van der Waals surface area contributed by atoms with E-state index in [2.05, 4.69) is 10.6 Å². The van der Waals surface area contributed by atoms with E-state index in [-0.39, 0.29) is 11.9 Å². The number of hydrogen-bond acceptors (Lipinski definition) is 2. The maximum absolute atomic E-state index is 11.4. The lowest BCUT2D eigenvalue weighted by Crippen LogP contribution is -2.30. The first-order valence-electron chi connectivity index (χ1n) is 5.13. The zero-order valence-corrected chi connectivity index (χ0v) is 9.21. The first kappa shape index (κ1) is 12.0. The molecule has 0 fully saturated rings. The molecule has 0 aliphatic carbocycles. The van der Waals surface area contributed by atoms with Gasteiger partial charge in [-0.05, 0) is 18.6 Å². The van der Waals surface area contributed by atoms with Crippen LogP contribution in [-0.4, -0.2) is 18.4 Å². The van der Waals surface area contributed by atoms with Crippen LogP contribution in [0.2, 0.25) is 0 Å². The van der Waals surface area contributed by atoms with Crippen molar-refractivity contribution in [2.45, 2.75) is 13.3 Å². The Labute approximate surface area is 94.5 Å². The number of amidine groups is 1. The van der Waals surface area contributed by atoms with E-state index < -0.39 is 0 Å². The van der Waals surface area contributed by atoms with Crippen LogP contribution in [0, 0.1) is 5.41 Å². The summed E-state index contributed by atoms with van der Waals surface area (Å²) in [5, 5.41) is 12.7. The number of rotatable bonds is 4. The zero-order chi connectivity index (χ0) is 12.0. The molecule has 1 rings (SSSR count). The summed E-state index contributed by atoms with van der Waals surface area (Å²) in [6, 6.07) is 6.67. The molecule has 0 radical (unpaired) electrons. The van der Waals surface area contributed by atoms with Gasteiger partial charge in [0.1, 0.15) is 5.84 Å². The summed E-state index contributed by atoms with van der Waals surface area (Å²) >= 11 is 0. The molecule has 2 amide bonds. The Hall–Kier alpha value is -2.04. The van der Waals surface area contributed by atoms with Crippen molar-refractivity contribution < 1.29 is 4.79 Å². The van der Waals surface area contributed by atoms with Gasteiger partial charge in [0.2, 0.25) is 0 Å². The topological polar surface area (TPSA) is 91.0 Å². The Kier molecular flexibility index (Phi) is 4.32. The minimum Gasteiger partial charge on any atom is -0.384 e. The van der Waals surface area contributed by atoms with Crippen molar-refractivity contribution in [1.82, 2.24) is 5.32 Å². The number of nitrogen functional groups attached to an aromatic ring is 1. The lowest BCUT2D eigenvalue weighted by Gasteiger charge is -2.10. The normalized spacial score (nSPS) is 9.56. The molecule has 1 aromatic rings. The van der Waals surface area contributed by atoms with Crippen LogP contribution in [0.3, 0.4) is 0 Å². The van der Waals surface area contributed by atoms with Crippen molar-refractivity contribution in [1.29, 1.82) is 5.41 Å². The Morgan fingerprint density at radius 3 is 2.75 bits per heavy atom. The van der Waals surface area contributed by atoms with Crippen LogP contribution in [0.15, 0.2) is 24.3 Å². The van der Waals surface area contributed by atoms with E-state index in [1.807, 2.05) is 6.92 Å². The molecule has 5 heteroatoms. The van der Waals surface area contributed by atoms with Gasteiger partial charge in [0, 0.05) is 12.1 Å². The fourth-order valence-electron chi connectivity index (χ4n) is 1.23. The number of urea groups is 1. The average Bonchev–Trinajstić information content (AvgIpc) is 2.27. The largest absolute Gasteiger partial charge is 0.384 e. The molecule has 0 aromatic heterocycles. The van der Waals surface area contributed by atoms with Gasteiger partial charge in [0.15, 0.2) is 0 Å². The van der Waals surface area contributed by atoms with Gasteiger partial charge in [-0.15, -0.1) is 0 Å². The van der Waals surface area contributed by atoms with Gasteiger partial charge in [-0.25, -0.2) is 4.79 Å². The van der Waals surface area contributed by atoms with E-state index in [0.717, 1.165) is 6.42 Å². The number of anilines is 1. The Morgan fingerprint density at radius 1 is 1.44 bits per heavy atom. The van der Waals surface area contributed by atoms with Crippen LogP contribution in [0.4, 0.5) is 10.5 Å². The van der Waals surface area contributed by atoms with Crippen LogP contribution in [-0.2, 0) is 0 Å². The number of carbonyl (C=O) groups excluding carboxylic acids is 1. The Bertz CT molecular complexity index is 389. The van der Waals surface area contributed by atoms with Crippen LogP contribution in [0.5, 0.6) is 0 Å². The molecule has 86 valence electrons. The average molecular weight is 220 g/mol. The smallest absolute Gasteiger partial charge is 0.319 e. The first-order valence-corrected chi connectivity index (χ1v) is 5.13. The Morgan fingerprint density at radius 2 is 2.12 bits per heavy atom. The summed E-state index contributed by atoms with van der Waals surface area (Å²) in [5.41, 5.74) is 6.47. The number of carbonyl (C=O) groups is 1. The second-order valence-corrected chi connectivity index (χ2v) is 3.34. The van der Waals surface area contributed by atoms with Crippen molar-refractivity contribution in [3.05, 3.63) is 29.8 Å². The summed E-state index contributed by atoms with van der Waals surface area (Å²) in [6.07, 6.45) is 0.877. The van der Waals surface area contributed by atoms with Crippen molar-refractivity contribution in [3.63, 3.8) is 0 Å². The molecule has 5 nitrogen and oxygen atoms in total. The van der Waals surface area contributed by atoms with Crippen molar-refractivity contribution in [2.24, 2.45) is 5.73 Å². The van der Waals surface area contributed by atoms with Crippen molar-refractivity contribution >= 4 is 17.6 Å². The maximum atomic E-state index is 11.4. The van der Waals surface area contributed by atoms with Crippen LogP contribution in [0.1, 0.15) is 18.9 Å².